The smallest absolute Gasteiger partial charge is 0.227 e. The number of allylic oxidation sites excluding steroid dienone is 1. The van der Waals surface area contributed by atoms with Gasteiger partial charge in [0.25, 0.3) is 0 Å². The number of nitrogens with one attached hydrogen (secondary N) is 3. The molecule has 0 spiro atoms. The summed E-state index contributed by atoms with van der Waals surface area (Å²) in [5.74, 6) is 1.86. The fraction of sp³-hybridized carbons (Fsp3) is 0.211. The first-order chi connectivity index (χ1) is 13.1. The summed E-state index contributed by atoms with van der Waals surface area (Å²) < 4.78 is 12.1. The summed E-state index contributed by atoms with van der Waals surface area (Å²) in [6.07, 6.45) is 4.66. The maximum absolute atomic E-state index is 7.48. The highest BCUT2D eigenvalue weighted by Gasteiger charge is 2.21. The molecule has 2 aromatic heterocycles. The molecule has 0 amide bonds. The van der Waals surface area contributed by atoms with E-state index in [4.69, 9.17) is 19.9 Å². The Labute approximate surface area is 161 Å². The van der Waals surface area contributed by atoms with Crippen molar-refractivity contribution in [3.05, 3.63) is 41.2 Å². The number of rotatable bonds is 7. The van der Waals surface area contributed by atoms with Crippen LogP contribution in [0.1, 0.15) is 4.88 Å². The van der Waals surface area contributed by atoms with E-state index in [-0.39, 0.29) is 0 Å². The van der Waals surface area contributed by atoms with E-state index in [0.29, 0.717) is 11.6 Å². The number of nitrogens with zero attached hydrogens (tertiary/aromatic N) is 2. The first-order valence-electron chi connectivity index (χ1n) is 8.25. The number of thiophene rings is 1. The lowest BCUT2D eigenvalue weighted by Crippen LogP contribution is -2.08. The highest BCUT2D eigenvalue weighted by molar-refractivity contribution is 7.19. The third-order valence-corrected chi connectivity index (χ3v) is 5.03. The fourth-order valence-corrected chi connectivity index (χ4v) is 3.84. The standard InChI is InChI=1S/C19H21N5O2S/c1-11-16(17-13(25-3)6-5-7-14(17)26-4)18-15(27-11)10-22-19(24-18)23-12(8-20)9-21-2/h5-10,20-21H,1-4H3,(H,22,23,24)/b12-9+,20-8?. The summed E-state index contributed by atoms with van der Waals surface area (Å²) in [5, 5.41) is 13.4. The van der Waals surface area contributed by atoms with Gasteiger partial charge in [0.15, 0.2) is 0 Å². The van der Waals surface area contributed by atoms with E-state index in [1.165, 1.54) is 6.21 Å². The Morgan fingerprint density at radius 1 is 1.19 bits per heavy atom. The lowest BCUT2D eigenvalue weighted by Gasteiger charge is -2.13. The molecule has 3 N–H and O–H groups in total. The minimum absolute atomic E-state index is 0.417. The summed E-state index contributed by atoms with van der Waals surface area (Å²) >= 11 is 1.62. The van der Waals surface area contributed by atoms with Crippen LogP contribution in [-0.4, -0.2) is 37.4 Å². The van der Waals surface area contributed by atoms with Gasteiger partial charge in [-0.3, -0.25) is 0 Å². The molecule has 3 aromatic rings. The van der Waals surface area contributed by atoms with Gasteiger partial charge < -0.3 is 25.5 Å². The summed E-state index contributed by atoms with van der Waals surface area (Å²) in [7, 11) is 5.05. The van der Waals surface area contributed by atoms with Gasteiger partial charge in [-0.25, -0.2) is 9.97 Å². The SMILES string of the molecule is CN/C=C(\C=N)Nc1ncc2sc(C)c(-c3c(OC)cccc3OC)c2n1. The van der Waals surface area contributed by atoms with Crippen LogP contribution in [0, 0.1) is 12.3 Å². The van der Waals surface area contributed by atoms with Crippen LogP contribution < -0.4 is 20.1 Å². The van der Waals surface area contributed by atoms with E-state index in [9.17, 15) is 0 Å². The zero-order chi connectivity index (χ0) is 19.4. The first-order valence-corrected chi connectivity index (χ1v) is 9.07. The second kappa shape index (κ2) is 8.05. The van der Waals surface area contributed by atoms with Gasteiger partial charge in [-0.15, -0.1) is 11.3 Å². The van der Waals surface area contributed by atoms with Crippen molar-refractivity contribution in [2.45, 2.75) is 6.92 Å². The summed E-state index contributed by atoms with van der Waals surface area (Å²) in [6, 6.07) is 5.71. The van der Waals surface area contributed by atoms with Crippen molar-refractivity contribution in [3.63, 3.8) is 0 Å². The lowest BCUT2D eigenvalue weighted by atomic mass is 10.0. The molecular formula is C19H21N5O2S. The van der Waals surface area contributed by atoms with E-state index in [0.717, 1.165) is 37.7 Å². The zero-order valence-corrected chi connectivity index (χ0v) is 16.4. The number of hydrogen-bond donors (Lipinski definition) is 3. The molecule has 0 saturated carbocycles. The third-order valence-electron chi connectivity index (χ3n) is 4.00. The number of fused-ring (bicyclic) bond motifs is 1. The molecular weight excluding hydrogens is 362 g/mol. The van der Waals surface area contributed by atoms with Crippen LogP contribution >= 0.6 is 11.3 Å². The molecule has 8 heteroatoms. The van der Waals surface area contributed by atoms with E-state index >= 15 is 0 Å². The minimum Gasteiger partial charge on any atom is -0.496 e. The Bertz CT molecular complexity index is 990. The monoisotopic (exact) mass is 383 g/mol. The van der Waals surface area contributed by atoms with Gasteiger partial charge in [-0.1, -0.05) is 6.07 Å². The normalized spacial score (nSPS) is 11.3. The summed E-state index contributed by atoms with van der Waals surface area (Å²) in [6.45, 7) is 2.05. The maximum atomic E-state index is 7.48. The predicted octanol–water partition coefficient (Wildman–Crippen LogP) is 3.81. The predicted molar refractivity (Wildman–Crippen MR) is 110 cm³/mol. The molecule has 0 fully saturated rings. The van der Waals surface area contributed by atoms with Crippen molar-refractivity contribution < 1.29 is 9.47 Å². The Hall–Kier alpha value is -3.13. The Balaban J connectivity index is 2.20. The van der Waals surface area contributed by atoms with Crippen molar-refractivity contribution >= 4 is 33.7 Å². The van der Waals surface area contributed by atoms with Crippen LogP contribution in [-0.2, 0) is 0 Å². The van der Waals surface area contributed by atoms with Crippen LogP contribution in [0.15, 0.2) is 36.3 Å². The molecule has 0 aliphatic rings. The fourth-order valence-electron chi connectivity index (χ4n) is 2.86. The summed E-state index contributed by atoms with van der Waals surface area (Å²) in [5.41, 5.74) is 3.20. The molecule has 0 bridgehead atoms. The molecule has 3 rings (SSSR count). The molecule has 2 heterocycles. The van der Waals surface area contributed by atoms with E-state index in [1.54, 1.807) is 45.0 Å². The molecule has 0 aliphatic heterocycles. The number of hydrogen-bond acceptors (Lipinski definition) is 8. The molecule has 7 nitrogen and oxygen atoms in total. The van der Waals surface area contributed by atoms with Gasteiger partial charge >= 0.3 is 0 Å². The van der Waals surface area contributed by atoms with E-state index < -0.39 is 0 Å². The summed E-state index contributed by atoms with van der Waals surface area (Å²) in [4.78, 5) is 10.2. The molecule has 0 unspecified atom stereocenters. The van der Waals surface area contributed by atoms with Gasteiger partial charge in [0.05, 0.1) is 41.9 Å². The third kappa shape index (κ3) is 3.56. The molecule has 140 valence electrons. The van der Waals surface area contributed by atoms with Crippen molar-refractivity contribution in [1.29, 1.82) is 5.41 Å². The quantitative estimate of drug-likeness (QED) is 0.538. The van der Waals surface area contributed by atoms with Gasteiger partial charge in [0.1, 0.15) is 11.5 Å². The highest BCUT2D eigenvalue weighted by atomic mass is 32.1. The van der Waals surface area contributed by atoms with Crippen molar-refractivity contribution in [1.82, 2.24) is 15.3 Å². The second-order valence-corrected chi connectivity index (χ2v) is 6.89. The lowest BCUT2D eigenvalue weighted by molar-refractivity contribution is 0.397. The molecule has 1 aromatic carbocycles. The Morgan fingerprint density at radius 3 is 2.48 bits per heavy atom. The van der Waals surface area contributed by atoms with E-state index in [2.05, 4.69) is 15.6 Å². The van der Waals surface area contributed by atoms with Crippen LogP contribution in [0.5, 0.6) is 11.5 Å². The number of anilines is 1. The minimum atomic E-state index is 0.417. The Kier molecular flexibility index (Phi) is 5.56. The van der Waals surface area contributed by atoms with Crippen LogP contribution in [0.3, 0.4) is 0 Å². The molecule has 27 heavy (non-hydrogen) atoms. The van der Waals surface area contributed by atoms with Crippen LogP contribution in [0.4, 0.5) is 5.95 Å². The van der Waals surface area contributed by atoms with Gasteiger partial charge in [-0.2, -0.15) is 0 Å². The van der Waals surface area contributed by atoms with Crippen LogP contribution in [0.2, 0.25) is 0 Å². The zero-order valence-electron chi connectivity index (χ0n) is 15.6. The average molecular weight is 383 g/mol. The molecule has 0 saturated heterocycles. The second-order valence-electron chi connectivity index (χ2n) is 5.63. The average Bonchev–Trinajstić information content (AvgIpc) is 3.01. The number of benzene rings is 1. The number of ether oxygens (including phenoxy) is 2. The maximum Gasteiger partial charge on any atom is 0.227 e. The number of aromatic nitrogens is 2. The van der Waals surface area contributed by atoms with Crippen molar-refractivity contribution in [2.75, 3.05) is 26.6 Å². The van der Waals surface area contributed by atoms with Gasteiger partial charge in [-0.05, 0) is 19.1 Å². The topological polar surface area (TPSA) is 92.2 Å². The number of aryl methyl sites for hydroxylation is 1. The van der Waals surface area contributed by atoms with Crippen LogP contribution in [0.25, 0.3) is 21.3 Å². The van der Waals surface area contributed by atoms with Crippen molar-refractivity contribution in [2.24, 2.45) is 0 Å². The largest absolute Gasteiger partial charge is 0.496 e. The first kappa shape index (κ1) is 18.7. The van der Waals surface area contributed by atoms with E-state index in [1.807, 2.05) is 25.1 Å². The molecule has 0 aliphatic carbocycles. The van der Waals surface area contributed by atoms with Gasteiger partial charge in [0.2, 0.25) is 5.95 Å². The number of methoxy groups -OCH3 is 2. The Morgan fingerprint density at radius 2 is 1.89 bits per heavy atom. The molecule has 0 atom stereocenters. The van der Waals surface area contributed by atoms with Gasteiger partial charge in [0, 0.05) is 29.9 Å². The highest BCUT2D eigenvalue weighted by Crippen LogP contribution is 2.45. The van der Waals surface area contributed by atoms with Crippen molar-refractivity contribution in [3.8, 4) is 22.6 Å². The molecule has 0 radical (unpaired) electrons.